The quantitative estimate of drug-likeness (QED) is 0.548. The summed E-state index contributed by atoms with van der Waals surface area (Å²) in [6.45, 7) is 5.16. The highest BCUT2D eigenvalue weighted by Crippen LogP contribution is 2.31. The highest BCUT2D eigenvalue weighted by atomic mass is 79.9. The topological polar surface area (TPSA) is 66.9 Å². The number of rotatable bonds is 5. The summed E-state index contributed by atoms with van der Waals surface area (Å²) in [7, 11) is 0. The van der Waals surface area contributed by atoms with E-state index in [0.29, 0.717) is 17.3 Å². The van der Waals surface area contributed by atoms with Crippen molar-refractivity contribution in [2.24, 2.45) is 0 Å². The lowest BCUT2D eigenvalue weighted by atomic mass is 10.1. The molecule has 136 valence electrons. The second kappa shape index (κ2) is 8.09. The normalized spacial score (nSPS) is 10.3. The zero-order valence-corrected chi connectivity index (χ0v) is 16.0. The molecule has 2 aromatic carbocycles. The van der Waals surface area contributed by atoms with Crippen molar-refractivity contribution in [1.29, 1.82) is 0 Å². The summed E-state index contributed by atoms with van der Waals surface area (Å²) in [6, 6.07) is 11.9. The number of nitrogens with zero attached hydrogens (tertiary/aromatic N) is 2. The van der Waals surface area contributed by atoms with E-state index in [2.05, 4.69) is 43.1 Å². The van der Waals surface area contributed by atoms with Crippen LogP contribution in [-0.2, 0) is 4.79 Å². The maximum atomic E-state index is 14.3. The molecule has 1 aromatic heterocycles. The van der Waals surface area contributed by atoms with Crippen molar-refractivity contribution in [3.8, 4) is 11.1 Å². The maximum absolute atomic E-state index is 14.3. The van der Waals surface area contributed by atoms with Crippen molar-refractivity contribution in [3.05, 3.63) is 77.4 Å². The van der Waals surface area contributed by atoms with Crippen molar-refractivity contribution in [2.45, 2.75) is 6.92 Å². The third-order valence-corrected chi connectivity index (χ3v) is 4.27. The second-order valence-electron chi connectivity index (χ2n) is 5.70. The molecular weight excluding hydrogens is 411 g/mol. The molecule has 0 aliphatic rings. The Morgan fingerprint density at radius 2 is 1.96 bits per heavy atom. The Bertz CT molecular complexity index is 1010. The minimum atomic E-state index is -0.468. The first-order chi connectivity index (χ1) is 13.0. The van der Waals surface area contributed by atoms with Gasteiger partial charge in [0, 0.05) is 21.9 Å². The van der Waals surface area contributed by atoms with Crippen LogP contribution in [0.15, 0.2) is 65.8 Å². The average Bonchev–Trinajstić information content (AvgIpc) is 2.65. The lowest BCUT2D eigenvalue weighted by molar-refractivity contribution is -0.111. The summed E-state index contributed by atoms with van der Waals surface area (Å²) in [5.74, 6) is 0.177. The summed E-state index contributed by atoms with van der Waals surface area (Å²) in [6.07, 6.45) is 2.84. The van der Waals surface area contributed by atoms with Crippen LogP contribution in [0.1, 0.15) is 5.82 Å². The summed E-state index contributed by atoms with van der Waals surface area (Å²) >= 11 is 3.41. The lowest BCUT2D eigenvalue weighted by Crippen LogP contribution is -2.08. The smallest absolute Gasteiger partial charge is 0.247 e. The van der Waals surface area contributed by atoms with Gasteiger partial charge in [-0.25, -0.2) is 14.4 Å². The van der Waals surface area contributed by atoms with Crippen LogP contribution in [0.4, 0.5) is 21.6 Å². The first-order valence-corrected chi connectivity index (χ1v) is 8.85. The molecule has 5 nitrogen and oxygen atoms in total. The van der Waals surface area contributed by atoms with E-state index in [9.17, 15) is 9.18 Å². The van der Waals surface area contributed by atoms with Crippen LogP contribution < -0.4 is 10.6 Å². The molecule has 0 fully saturated rings. The van der Waals surface area contributed by atoms with Crippen LogP contribution in [0.3, 0.4) is 0 Å². The zero-order chi connectivity index (χ0) is 19.4. The summed E-state index contributed by atoms with van der Waals surface area (Å²) in [5.41, 5.74) is 2.25. The Kier molecular flexibility index (Phi) is 5.61. The second-order valence-corrected chi connectivity index (χ2v) is 6.62. The predicted octanol–water partition coefficient (Wildman–Crippen LogP) is 5.22. The molecule has 0 atom stereocenters. The number of nitrogens with one attached hydrogen (secondary N) is 2. The number of aryl methyl sites for hydroxylation is 1. The molecule has 0 spiro atoms. The van der Waals surface area contributed by atoms with E-state index in [1.165, 1.54) is 18.2 Å². The third-order valence-electron chi connectivity index (χ3n) is 3.74. The molecular formula is C20H16BrFN4O. The van der Waals surface area contributed by atoms with Crippen molar-refractivity contribution in [3.63, 3.8) is 0 Å². The number of amides is 1. The molecule has 2 N–H and O–H groups in total. The van der Waals surface area contributed by atoms with E-state index in [-0.39, 0.29) is 11.6 Å². The molecule has 7 heteroatoms. The number of carbonyl (C=O) groups excluding carboxylic acids is 1. The van der Waals surface area contributed by atoms with Crippen LogP contribution in [0.25, 0.3) is 11.1 Å². The van der Waals surface area contributed by atoms with Crippen molar-refractivity contribution in [1.82, 2.24) is 9.97 Å². The van der Waals surface area contributed by atoms with Gasteiger partial charge >= 0.3 is 0 Å². The molecule has 3 aromatic rings. The van der Waals surface area contributed by atoms with Gasteiger partial charge in [-0.05, 0) is 48.9 Å². The van der Waals surface area contributed by atoms with E-state index in [4.69, 9.17) is 0 Å². The Morgan fingerprint density at radius 3 is 2.67 bits per heavy atom. The number of hydrogen-bond donors (Lipinski definition) is 2. The van der Waals surface area contributed by atoms with Crippen molar-refractivity contribution >= 4 is 39.0 Å². The highest BCUT2D eigenvalue weighted by Gasteiger charge is 2.12. The van der Waals surface area contributed by atoms with Crippen LogP contribution in [0, 0.1) is 12.7 Å². The number of aromatic nitrogens is 2. The lowest BCUT2D eigenvalue weighted by Gasteiger charge is -2.13. The number of hydrogen-bond acceptors (Lipinski definition) is 4. The number of carbonyl (C=O) groups is 1. The fraction of sp³-hybridized carbons (Fsp3) is 0.0500. The maximum Gasteiger partial charge on any atom is 0.247 e. The monoisotopic (exact) mass is 426 g/mol. The van der Waals surface area contributed by atoms with Gasteiger partial charge in [-0.2, -0.15) is 0 Å². The van der Waals surface area contributed by atoms with Gasteiger partial charge in [0.2, 0.25) is 5.91 Å². The summed E-state index contributed by atoms with van der Waals surface area (Å²) in [4.78, 5) is 20.1. The van der Waals surface area contributed by atoms with Gasteiger partial charge in [0.25, 0.3) is 0 Å². The molecule has 1 amide bonds. The van der Waals surface area contributed by atoms with Crippen molar-refractivity contribution in [2.75, 3.05) is 10.6 Å². The number of benzene rings is 2. The van der Waals surface area contributed by atoms with Gasteiger partial charge in [0.05, 0.1) is 5.69 Å². The Hall–Kier alpha value is -3.06. The van der Waals surface area contributed by atoms with Gasteiger partial charge in [-0.15, -0.1) is 0 Å². The van der Waals surface area contributed by atoms with Crippen LogP contribution >= 0.6 is 15.9 Å². The SMILES string of the molecule is C=CC(=O)Nc1ccc(F)c(Nc2nc(C)ncc2-c2ccc(Br)cc2)c1. The van der Waals surface area contributed by atoms with Crippen LogP contribution in [0.5, 0.6) is 0 Å². The minimum absolute atomic E-state index is 0.188. The molecule has 0 saturated heterocycles. The average molecular weight is 427 g/mol. The first kappa shape index (κ1) is 18.7. The van der Waals surface area contributed by atoms with Gasteiger partial charge in [0.15, 0.2) is 0 Å². The molecule has 0 unspecified atom stereocenters. The standard InChI is InChI=1S/C20H16BrFN4O/c1-3-19(27)25-15-8-9-17(22)18(10-15)26-20-16(11-23-12(2)24-20)13-4-6-14(21)7-5-13/h3-11H,1H2,2H3,(H,25,27)(H,23,24,26). The van der Waals surface area contributed by atoms with Crippen LogP contribution in [0.2, 0.25) is 0 Å². The van der Waals surface area contributed by atoms with E-state index < -0.39 is 5.82 Å². The first-order valence-electron chi connectivity index (χ1n) is 8.06. The molecule has 0 bridgehead atoms. The Labute approximate surface area is 164 Å². The zero-order valence-electron chi connectivity index (χ0n) is 14.5. The number of anilines is 3. The van der Waals surface area contributed by atoms with Gasteiger partial charge < -0.3 is 10.6 Å². The van der Waals surface area contributed by atoms with Crippen molar-refractivity contribution < 1.29 is 9.18 Å². The Morgan fingerprint density at radius 1 is 1.22 bits per heavy atom. The molecule has 27 heavy (non-hydrogen) atoms. The predicted molar refractivity (Wildman–Crippen MR) is 108 cm³/mol. The Balaban J connectivity index is 1.99. The molecule has 0 aliphatic carbocycles. The molecule has 0 radical (unpaired) electrons. The number of halogens is 2. The summed E-state index contributed by atoms with van der Waals surface area (Å²) < 4.78 is 15.3. The van der Waals surface area contributed by atoms with Gasteiger partial charge in [-0.1, -0.05) is 34.6 Å². The summed E-state index contributed by atoms with van der Waals surface area (Å²) in [5, 5.41) is 5.62. The minimum Gasteiger partial charge on any atom is -0.337 e. The van der Waals surface area contributed by atoms with E-state index in [0.717, 1.165) is 21.7 Å². The largest absolute Gasteiger partial charge is 0.337 e. The van der Waals surface area contributed by atoms with E-state index in [1.54, 1.807) is 13.1 Å². The van der Waals surface area contributed by atoms with Gasteiger partial charge in [-0.3, -0.25) is 4.79 Å². The fourth-order valence-electron chi connectivity index (χ4n) is 2.43. The van der Waals surface area contributed by atoms with Crippen LogP contribution in [-0.4, -0.2) is 15.9 Å². The molecule has 0 aliphatic heterocycles. The molecule has 3 rings (SSSR count). The highest BCUT2D eigenvalue weighted by molar-refractivity contribution is 9.10. The fourth-order valence-corrected chi connectivity index (χ4v) is 2.69. The third kappa shape index (κ3) is 4.57. The molecule has 1 heterocycles. The van der Waals surface area contributed by atoms with E-state index in [1.807, 2.05) is 24.3 Å². The molecule has 0 saturated carbocycles. The van der Waals surface area contributed by atoms with E-state index >= 15 is 0 Å². The van der Waals surface area contributed by atoms with Gasteiger partial charge in [0.1, 0.15) is 17.5 Å².